The maximum absolute atomic E-state index is 13.4. The average Bonchev–Trinajstić information content (AvgIpc) is 3.33. The number of anilines is 1. The number of hydrogen-bond acceptors (Lipinski definition) is 14. The van der Waals surface area contributed by atoms with Crippen LogP contribution in [-0.4, -0.2) is 149 Å². The van der Waals surface area contributed by atoms with E-state index in [1.54, 1.807) is 24.3 Å². The van der Waals surface area contributed by atoms with Crippen LogP contribution in [-0.2, 0) is 44.1 Å². The summed E-state index contributed by atoms with van der Waals surface area (Å²) in [7, 11) is -1.79. The molecule has 72 heavy (non-hydrogen) atoms. The molecule has 5 amide bonds. The van der Waals surface area contributed by atoms with Crippen molar-refractivity contribution in [2.45, 2.75) is 100 Å². The van der Waals surface area contributed by atoms with Gasteiger partial charge in [0.05, 0.1) is 11.0 Å². The molecule has 22 nitrogen and oxygen atoms in total. The Morgan fingerprint density at radius 2 is 1.15 bits per heavy atom. The van der Waals surface area contributed by atoms with Crippen molar-refractivity contribution in [3.05, 3.63) is 60.0 Å². The summed E-state index contributed by atoms with van der Waals surface area (Å²) >= 11 is 0. The van der Waals surface area contributed by atoms with E-state index in [1.165, 1.54) is 19.1 Å². The molecule has 4 rings (SSSR count). The number of fused-ring (bicyclic) bond motifs is 2. The van der Waals surface area contributed by atoms with Crippen molar-refractivity contribution >= 4 is 66.3 Å². The molecule has 0 radical (unpaired) electrons. The minimum Gasteiger partial charge on any atom is -0.456 e. The van der Waals surface area contributed by atoms with Gasteiger partial charge < -0.3 is 20.0 Å². The van der Waals surface area contributed by atoms with Crippen LogP contribution in [0.4, 0.5) is 5.69 Å². The first-order chi connectivity index (χ1) is 34.0. The molecule has 2 aromatic carbocycles. The van der Waals surface area contributed by atoms with Crippen molar-refractivity contribution < 1.29 is 65.4 Å². The Bertz CT molecular complexity index is 2800. The molecule has 7 N–H and O–H groups in total. The molecule has 0 saturated heterocycles. The van der Waals surface area contributed by atoms with Crippen LogP contribution in [0.25, 0.3) is 33.4 Å². The highest BCUT2D eigenvalue weighted by Gasteiger charge is 2.27. The normalized spacial score (nSPS) is 11.6. The first kappa shape index (κ1) is 58.5. The molecule has 0 aromatic heterocycles. The van der Waals surface area contributed by atoms with E-state index in [0.29, 0.717) is 107 Å². The fraction of sp³-hybridized carbons (Fsp3) is 0.500. The molecule has 1 aliphatic heterocycles. The van der Waals surface area contributed by atoms with Crippen LogP contribution in [0.2, 0.25) is 0 Å². The van der Waals surface area contributed by atoms with Crippen LogP contribution in [0.15, 0.2) is 68.8 Å². The average molecular weight is 1050 g/mol. The van der Waals surface area contributed by atoms with Gasteiger partial charge in [-0.1, -0.05) is 12.5 Å². The molecule has 0 spiro atoms. The topological polar surface area (TPSA) is 300 Å². The summed E-state index contributed by atoms with van der Waals surface area (Å²) in [4.78, 5) is 60.8. The van der Waals surface area contributed by atoms with Crippen LogP contribution in [0.1, 0.15) is 90.4 Å². The molecule has 1 heterocycles. The molecular weight excluding hydrogens is 977 g/mol. The molecule has 0 atom stereocenters. The van der Waals surface area contributed by atoms with Crippen molar-refractivity contribution in [1.29, 1.82) is 0 Å². The quantitative estimate of drug-likeness (QED) is 0.0102. The smallest absolute Gasteiger partial charge is 0.295 e. The second-order valence-electron chi connectivity index (χ2n) is 17.7. The van der Waals surface area contributed by atoms with E-state index in [1.807, 2.05) is 49.8 Å². The largest absolute Gasteiger partial charge is 0.456 e. The molecule has 0 unspecified atom stereocenters. The lowest BCUT2D eigenvalue weighted by molar-refractivity contribution is -0.166. The first-order valence-electron chi connectivity index (χ1n) is 23.8. The lowest BCUT2D eigenvalue weighted by Crippen LogP contribution is -2.31. The number of rotatable bonds is 29. The van der Waals surface area contributed by atoms with Gasteiger partial charge in [0, 0.05) is 126 Å². The number of nitrogens with zero attached hydrogens (tertiary/aromatic N) is 5. The standard InChI is InChI=1S/C48H68N8O14S2/c1-34(57)54(62)28-12-6-9-25-49-44(58)21-23-46(60)55(63)29-13-7-10-26-50-45(59)22-24-47(61)56(64)30-14-8-11-27-51-71(65,66)37-17-20-40(43(33-37)72(67,68)69)48-38-18-15-35(52(2)3)31-41(38)70-42-32-36(53(4)5)16-19-39(42)48/h15-20,31-33,51,62-64H,6-14,21-30H2,1-5H3,(H2-,49,50,58,59,67,68,69)/p+1. The van der Waals surface area contributed by atoms with E-state index in [2.05, 4.69) is 15.4 Å². The van der Waals surface area contributed by atoms with Gasteiger partial charge in [0.1, 0.15) is 30.3 Å². The van der Waals surface area contributed by atoms with Gasteiger partial charge in [0.2, 0.25) is 44.9 Å². The maximum Gasteiger partial charge on any atom is 0.295 e. The van der Waals surface area contributed by atoms with E-state index in [0.717, 1.165) is 17.1 Å². The van der Waals surface area contributed by atoms with E-state index in [9.17, 15) is 61.0 Å². The Morgan fingerprint density at radius 1 is 0.625 bits per heavy atom. The van der Waals surface area contributed by atoms with E-state index in [4.69, 9.17) is 4.42 Å². The molecule has 396 valence electrons. The molecule has 2 aromatic rings. The van der Waals surface area contributed by atoms with Gasteiger partial charge in [-0.05, 0) is 81.7 Å². The Labute approximate surface area is 420 Å². The predicted molar refractivity (Wildman–Crippen MR) is 267 cm³/mol. The number of hydroxylamine groups is 6. The van der Waals surface area contributed by atoms with Crippen molar-refractivity contribution in [3.8, 4) is 22.5 Å². The number of carbonyl (C=O) groups excluding carboxylic acids is 5. The van der Waals surface area contributed by atoms with Gasteiger partial charge in [0.15, 0.2) is 0 Å². The van der Waals surface area contributed by atoms with Crippen LogP contribution in [0, 0.1) is 0 Å². The maximum atomic E-state index is 13.4. The number of hydrogen-bond donors (Lipinski definition) is 7. The summed E-state index contributed by atoms with van der Waals surface area (Å²) < 4.78 is 73.9. The monoisotopic (exact) mass is 1050 g/mol. The van der Waals surface area contributed by atoms with E-state index >= 15 is 0 Å². The third-order valence-corrected chi connectivity index (χ3v) is 14.0. The van der Waals surface area contributed by atoms with Gasteiger partial charge in [-0.2, -0.15) is 8.42 Å². The van der Waals surface area contributed by atoms with Crippen molar-refractivity contribution in [1.82, 2.24) is 35.1 Å². The molecule has 0 bridgehead atoms. The highest BCUT2D eigenvalue weighted by Crippen LogP contribution is 2.43. The number of sulfonamides is 1. The zero-order valence-electron chi connectivity index (χ0n) is 41.6. The van der Waals surface area contributed by atoms with Crippen molar-refractivity contribution in [2.24, 2.45) is 0 Å². The Morgan fingerprint density at radius 3 is 1.67 bits per heavy atom. The summed E-state index contributed by atoms with van der Waals surface area (Å²) in [6.45, 7) is 2.06. The van der Waals surface area contributed by atoms with E-state index in [-0.39, 0.29) is 69.9 Å². The van der Waals surface area contributed by atoms with Crippen LogP contribution in [0.5, 0.6) is 0 Å². The van der Waals surface area contributed by atoms with Gasteiger partial charge >= 0.3 is 0 Å². The number of benzene rings is 3. The third-order valence-electron chi connectivity index (χ3n) is 11.7. The summed E-state index contributed by atoms with van der Waals surface area (Å²) in [5.74, 6) is -2.01. The van der Waals surface area contributed by atoms with Crippen LogP contribution >= 0.6 is 0 Å². The minimum absolute atomic E-state index is 0.0443. The fourth-order valence-corrected chi connectivity index (χ4v) is 9.42. The summed E-state index contributed by atoms with van der Waals surface area (Å²) in [6, 6.07) is 14.4. The third kappa shape index (κ3) is 17.9. The Hall–Kier alpha value is -6.02. The van der Waals surface area contributed by atoms with Gasteiger partial charge in [-0.25, -0.2) is 32.9 Å². The highest BCUT2D eigenvalue weighted by atomic mass is 32.2. The second-order valence-corrected chi connectivity index (χ2v) is 20.9. The molecular formula is C48H69N8O14S2+. The van der Waals surface area contributed by atoms with Crippen LogP contribution < -0.4 is 30.2 Å². The SMILES string of the molecule is CC(=O)N(O)CCCCCNC(=O)CCC(=O)N(O)CCCCCNC(=O)CCC(=O)N(O)CCCCCNS(=O)(=O)c1ccc(-c2c3ccc(=[N+](C)C)cc-3oc3cc(N(C)C)ccc23)c(S(=O)(=O)O)c1. The highest BCUT2D eigenvalue weighted by molar-refractivity contribution is 7.89. The molecule has 0 fully saturated rings. The second kappa shape index (κ2) is 27.7. The van der Waals surface area contributed by atoms with Crippen molar-refractivity contribution in [2.75, 3.05) is 72.4 Å². The summed E-state index contributed by atoms with van der Waals surface area (Å²) in [5, 5.41) is 38.0. The van der Waals surface area contributed by atoms with Gasteiger partial charge in [-0.3, -0.25) is 44.1 Å². The molecule has 2 aliphatic rings. The van der Waals surface area contributed by atoms with E-state index < -0.39 is 53.6 Å². The fourth-order valence-electron chi connectivity index (χ4n) is 7.52. The minimum atomic E-state index is -4.97. The molecule has 24 heteroatoms. The van der Waals surface area contributed by atoms with Gasteiger partial charge in [-0.15, -0.1) is 0 Å². The zero-order valence-corrected chi connectivity index (χ0v) is 43.2. The summed E-state index contributed by atoms with van der Waals surface area (Å²) in [5.41, 5.74) is 2.28. The van der Waals surface area contributed by atoms with Gasteiger partial charge in [0.25, 0.3) is 10.1 Å². The lowest BCUT2D eigenvalue weighted by Gasteiger charge is -2.19. The Kier molecular flexibility index (Phi) is 22.5. The number of amides is 5. The van der Waals surface area contributed by atoms with Crippen LogP contribution in [0.3, 0.4) is 0 Å². The first-order valence-corrected chi connectivity index (χ1v) is 26.7. The molecule has 0 saturated carbocycles. The lowest BCUT2D eigenvalue weighted by atomic mass is 9.93. The Balaban J connectivity index is 1.15. The van der Waals surface area contributed by atoms with Crippen molar-refractivity contribution in [3.63, 3.8) is 0 Å². The number of unbranched alkanes of at least 4 members (excludes halogenated alkanes) is 6. The number of nitrogens with one attached hydrogen (secondary N) is 3. The molecule has 1 aliphatic carbocycles. The summed E-state index contributed by atoms with van der Waals surface area (Å²) in [6.07, 6.45) is 3.75. The number of carbonyl (C=O) groups is 5. The zero-order chi connectivity index (χ0) is 53.2. The predicted octanol–water partition coefficient (Wildman–Crippen LogP) is 3.80.